The van der Waals surface area contributed by atoms with E-state index in [9.17, 15) is 39.3 Å². The molecule has 2 amide bonds. The molecule has 7 atom stereocenters. The summed E-state index contributed by atoms with van der Waals surface area (Å²) in [5, 5.41) is 39.9. The van der Waals surface area contributed by atoms with Crippen LogP contribution < -0.4 is 11.1 Å². The average molecular weight is 603 g/mol. The Labute approximate surface area is 250 Å². The van der Waals surface area contributed by atoms with Crippen molar-refractivity contribution in [3.63, 3.8) is 0 Å². The molecule has 2 aromatic carbocycles. The molecule has 2 saturated carbocycles. The van der Waals surface area contributed by atoms with E-state index in [0.717, 1.165) is 0 Å². The standard InChI is InChI=1S/C31H30N4O9/c1-35(2)24-18-12-14-11-17-16(13-4-3-5-15(10-13)34-30(42)20-8-9-33-44-20)6-7-19(36)22(17)25(37)21(14)27(39)31(18,43)28(40)23(26(24)38)29(32)41/h3-10,14,18,21,23-24,26,36,38,43H,11-12H2,1-2H3,(H2,32,41)(H,34,42)/t14-,18-,21?,23?,24-,26?,31-/m1/s1. The molecule has 2 fully saturated rings. The highest BCUT2D eigenvalue weighted by Gasteiger charge is 2.69. The van der Waals surface area contributed by atoms with Gasteiger partial charge in [0, 0.05) is 23.7 Å². The van der Waals surface area contributed by atoms with Crippen LogP contribution in [0, 0.1) is 23.7 Å². The molecule has 3 aliphatic rings. The number of fused-ring (bicyclic) bond motifs is 3. The molecule has 3 unspecified atom stereocenters. The highest BCUT2D eigenvalue weighted by Crippen LogP contribution is 2.52. The SMILES string of the molecule is CN(C)[C@H]1C(O)C(C(N)=O)C(=O)[C@]2(O)C(=O)C3C(=O)c4c(O)ccc(-c5cccc(NC(=O)c6ccno6)c5)c4C[C@@H]3C[C@H]12. The molecule has 3 aromatic rings. The van der Waals surface area contributed by atoms with Gasteiger partial charge in [0.25, 0.3) is 5.91 Å². The fourth-order valence-corrected chi connectivity index (χ4v) is 7.38. The third kappa shape index (κ3) is 4.26. The monoisotopic (exact) mass is 602 g/mol. The van der Waals surface area contributed by atoms with E-state index in [4.69, 9.17) is 10.3 Å². The minimum absolute atomic E-state index is 0.00239. The van der Waals surface area contributed by atoms with Crippen LogP contribution in [0.4, 0.5) is 5.69 Å². The number of likely N-dealkylation sites (N-methyl/N-ethyl adjacent to an activating group) is 1. The Bertz CT molecular complexity index is 1720. The number of phenolic OH excluding ortho intramolecular Hbond substituents is 1. The van der Waals surface area contributed by atoms with Gasteiger partial charge in [-0.25, -0.2) is 0 Å². The van der Waals surface area contributed by atoms with Crippen LogP contribution in [0.3, 0.4) is 0 Å². The van der Waals surface area contributed by atoms with Crippen LogP contribution in [0.1, 0.15) is 32.9 Å². The van der Waals surface area contributed by atoms with Crippen molar-refractivity contribution in [2.75, 3.05) is 19.4 Å². The zero-order valence-electron chi connectivity index (χ0n) is 23.8. The number of Topliss-reactive ketones (excluding diaryl/α,β-unsaturated/α-hetero) is 3. The Kier molecular flexibility index (Phi) is 6.99. The first-order chi connectivity index (χ1) is 20.9. The number of nitrogens with one attached hydrogen (secondary N) is 1. The molecule has 1 aromatic heterocycles. The molecule has 6 N–H and O–H groups in total. The lowest BCUT2D eigenvalue weighted by atomic mass is 9.52. The number of anilines is 1. The summed E-state index contributed by atoms with van der Waals surface area (Å²) in [4.78, 5) is 67.7. The number of aliphatic hydroxyl groups excluding tert-OH is 1. The highest BCUT2D eigenvalue weighted by molar-refractivity contribution is 6.25. The van der Waals surface area contributed by atoms with Crippen LogP contribution in [-0.4, -0.2) is 86.4 Å². The van der Waals surface area contributed by atoms with Gasteiger partial charge in [-0.2, -0.15) is 0 Å². The van der Waals surface area contributed by atoms with Gasteiger partial charge >= 0.3 is 0 Å². The fraction of sp³-hybridized carbons (Fsp3) is 0.355. The number of phenols is 1. The van der Waals surface area contributed by atoms with Gasteiger partial charge in [-0.05, 0) is 67.7 Å². The van der Waals surface area contributed by atoms with Crippen LogP contribution >= 0.6 is 0 Å². The molecule has 228 valence electrons. The molecule has 13 nitrogen and oxygen atoms in total. The third-order valence-electron chi connectivity index (χ3n) is 9.27. The van der Waals surface area contributed by atoms with Crippen molar-refractivity contribution in [1.82, 2.24) is 10.1 Å². The summed E-state index contributed by atoms with van der Waals surface area (Å²) < 4.78 is 4.90. The second kappa shape index (κ2) is 10.5. The number of aromatic hydroxyl groups is 1. The molecule has 44 heavy (non-hydrogen) atoms. The second-order valence-electron chi connectivity index (χ2n) is 11.9. The van der Waals surface area contributed by atoms with Gasteiger partial charge in [0.05, 0.1) is 23.8 Å². The number of aromatic nitrogens is 1. The Hall–Kier alpha value is -4.72. The van der Waals surface area contributed by atoms with Gasteiger partial charge in [-0.15, -0.1) is 0 Å². The third-order valence-corrected chi connectivity index (χ3v) is 9.27. The van der Waals surface area contributed by atoms with E-state index < -0.39 is 70.6 Å². The maximum Gasteiger partial charge on any atom is 0.294 e. The summed E-state index contributed by atoms with van der Waals surface area (Å²) in [5.74, 6) is -10.2. The maximum absolute atomic E-state index is 14.0. The first-order valence-electron chi connectivity index (χ1n) is 14.0. The van der Waals surface area contributed by atoms with Crippen LogP contribution in [0.5, 0.6) is 5.75 Å². The maximum atomic E-state index is 14.0. The number of carbonyl (C=O) groups excluding carboxylic acids is 5. The first kappa shape index (κ1) is 29.4. The molecule has 0 aliphatic heterocycles. The van der Waals surface area contributed by atoms with Gasteiger partial charge in [0.1, 0.15) is 11.7 Å². The van der Waals surface area contributed by atoms with E-state index in [1.54, 1.807) is 44.4 Å². The number of primary amides is 1. The van der Waals surface area contributed by atoms with Gasteiger partial charge in [0.15, 0.2) is 23.0 Å². The average Bonchev–Trinajstić information content (AvgIpc) is 3.50. The predicted molar refractivity (Wildman–Crippen MR) is 152 cm³/mol. The molecule has 0 saturated heterocycles. The molecular weight excluding hydrogens is 572 g/mol. The number of carbonyl (C=O) groups is 5. The summed E-state index contributed by atoms with van der Waals surface area (Å²) in [5.41, 5.74) is 4.67. The van der Waals surface area contributed by atoms with Crippen molar-refractivity contribution in [2.45, 2.75) is 30.6 Å². The zero-order valence-corrected chi connectivity index (χ0v) is 23.8. The van der Waals surface area contributed by atoms with E-state index >= 15 is 0 Å². The lowest BCUT2D eigenvalue weighted by Crippen LogP contribution is -2.75. The molecule has 3 aliphatic carbocycles. The summed E-state index contributed by atoms with van der Waals surface area (Å²) >= 11 is 0. The van der Waals surface area contributed by atoms with Crippen molar-refractivity contribution in [2.24, 2.45) is 29.4 Å². The summed E-state index contributed by atoms with van der Waals surface area (Å²) in [6, 6.07) is 10.2. The topological polar surface area (TPSA) is 213 Å². The van der Waals surface area contributed by atoms with Gasteiger partial charge in [-0.1, -0.05) is 23.4 Å². The van der Waals surface area contributed by atoms with Gasteiger partial charge in [-0.3, -0.25) is 24.0 Å². The minimum atomic E-state index is -2.73. The molecule has 6 rings (SSSR count). The minimum Gasteiger partial charge on any atom is -0.507 e. The second-order valence-corrected chi connectivity index (χ2v) is 11.9. The van der Waals surface area contributed by atoms with Crippen molar-refractivity contribution in [3.05, 3.63) is 65.5 Å². The van der Waals surface area contributed by atoms with Crippen molar-refractivity contribution in [1.29, 1.82) is 0 Å². The van der Waals surface area contributed by atoms with Crippen molar-refractivity contribution < 1.29 is 43.8 Å². The molecular formula is C31H30N4O9. The van der Waals surface area contributed by atoms with Crippen LogP contribution in [0.15, 0.2) is 53.2 Å². The summed E-state index contributed by atoms with van der Waals surface area (Å²) in [7, 11) is 3.18. The highest BCUT2D eigenvalue weighted by atomic mass is 16.5. The van der Waals surface area contributed by atoms with Gasteiger partial charge < -0.3 is 35.8 Å². The number of ketones is 3. The lowest BCUT2D eigenvalue weighted by molar-refractivity contribution is -0.190. The number of aliphatic hydroxyl groups is 2. The normalized spacial score (nSPS) is 29.5. The van der Waals surface area contributed by atoms with Crippen LogP contribution in [-0.2, 0) is 20.8 Å². The van der Waals surface area contributed by atoms with E-state index in [0.29, 0.717) is 22.4 Å². The number of nitrogens with two attached hydrogens (primary N) is 1. The summed E-state index contributed by atoms with van der Waals surface area (Å²) in [6.45, 7) is 0. The van der Waals surface area contributed by atoms with E-state index in [-0.39, 0.29) is 29.9 Å². The van der Waals surface area contributed by atoms with Crippen LogP contribution in [0.25, 0.3) is 11.1 Å². The van der Waals surface area contributed by atoms with E-state index in [2.05, 4.69) is 10.5 Å². The number of amides is 2. The van der Waals surface area contributed by atoms with Gasteiger partial charge in [0.2, 0.25) is 11.7 Å². The number of benzene rings is 2. The molecule has 0 radical (unpaired) electrons. The largest absolute Gasteiger partial charge is 0.507 e. The molecule has 1 heterocycles. The number of nitrogens with zero attached hydrogens (tertiary/aromatic N) is 2. The van der Waals surface area contributed by atoms with E-state index in [1.807, 2.05) is 0 Å². The molecule has 13 heteroatoms. The molecule has 0 bridgehead atoms. The smallest absolute Gasteiger partial charge is 0.294 e. The number of rotatable bonds is 5. The number of hydrogen-bond acceptors (Lipinski definition) is 11. The Morgan fingerprint density at radius 2 is 1.86 bits per heavy atom. The summed E-state index contributed by atoms with van der Waals surface area (Å²) in [6.07, 6.45) is -0.106. The molecule has 0 spiro atoms. The first-order valence-corrected chi connectivity index (χ1v) is 14.0. The Morgan fingerprint density at radius 1 is 1.11 bits per heavy atom. The van der Waals surface area contributed by atoms with Crippen molar-refractivity contribution >= 4 is 34.9 Å². The zero-order chi connectivity index (χ0) is 31.7. The Morgan fingerprint density at radius 3 is 2.52 bits per heavy atom. The van der Waals surface area contributed by atoms with E-state index in [1.165, 1.54) is 23.2 Å². The van der Waals surface area contributed by atoms with Crippen molar-refractivity contribution in [3.8, 4) is 16.9 Å². The quantitative estimate of drug-likeness (QED) is 0.255. The fourth-order valence-electron chi connectivity index (χ4n) is 7.38. The van der Waals surface area contributed by atoms with Crippen LogP contribution in [0.2, 0.25) is 0 Å². The number of hydrogen-bond donors (Lipinski definition) is 5. The lowest BCUT2D eigenvalue weighted by Gasteiger charge is -2.54. The Balaban J connectivity index is 1.41. The predicted octanol–water partition coefficient (Wildman–Crippen LogP) is 0.566.